The molecule has 0 bridgehead atoms. The molecule has 0 saturated carbocycles. The molecule has 0 aliphatic heterocycles. The van der Waals surface area contributed by atoms with Crippen molar-refractivity contribution in [2.45, 2.75) is 0 Å². The molecule has 12 heteroatoms. The van der Waals surface area contributed by atoms with Crippen molar-refractivity contribution < 1.29 is 24.2 Å². The maximum atomic E-state index is 13.1. The van der Waals surface area contributed by atoms with E-state index in [0.29, 0.717) is 5.02 Å². The Morgan fingerprint density at radius 3 is 2.29 bits per heavy atom. The number of hydrogen-bond acceptors (Lipinski definition) is 7. The molecule has 3 rings (SSSR count). The van der Waals surface area contributed by atoms with Crippen LogP contribution in [-0.4, -0.2) is 28.8 Å². The Kier molecular flexibility index (Phi) is 7.74. The third-order valence-corrected chi connectivity index (χ3v) is 4.85. The molecule has 3 aromatic carbocycles. The van der Waals surface area contributed by atoms with Gasteiger partial charge < -0.3 is 15.4 Å². The first-order chi connectivity index (χ1) is 16.7. The van der Waals surface area contributed by atoms with Gasteiger partial charge in [0.15, 0.2) is 0 Å². The zero-order valence-electron chi connectivity index (χ0n) is 18.1. The van der Waals surface area contributed by atoms with Crippen molar-refractivity contribution in [1.82, 2.24) is 5.32 Å². The number of nitrogens with one attached hydrogen (secondary N) is 2. The second-order valence-electron chi connectivity index (χ2n) is 6.97. The summed E-state index contributed by atoms with van der Waals surface area (Å²) in [5.41, 5.74) is -0.173. The maximum absolute atomic E-state index is 13.1. The van der Waals surface area contributed by atoms with Gasteiger partial charge in [0.25, 0.3) is 23.2 Å². The van der Waals surface area contributed by atoms with Crippen molar-refractivity contribution in [3.63, 3.8) is 0 Å². The SMILES string of the molecule is COc1cc([N+](=O)[O-])ccc1NC(=O)/C(=C/c1cccc([N+](=O)[O-])c1)NC(=O)c1cccc(Cl)c1. The lowest BCUT2D eigenvalue weighted by molar-refractivity contribution is -0.385. The van der Waals surface area contributed by atoms with Crippen LogP contribution in [0.5, 0.6) is 5.75 Å². The molecule has 3 aromatic rings. The zero-order chi connectivity index (χ0) is 25.5. The number of halogens is 1. The third kappa shape index (κ3) is 6.39. The Labute approximate surface area is 203 Å². The Balaban J connectivity index is 1.98. The molecule has 0 aliphatic carbocycles. The highest BCUT2D eigenvalue weighted by Gasteiger charge is 2.19. The lowest BCUT2D eigenvalue weighted by Gasteiger charge is -2.13. The number of nitro groups is 2. The number of nitro benzene ring substituents is 2. The van der Waals surface area contributed by atoms with Crippen LogP contribution in [0, 0.1) is 20.2 Å². The van der Waals surface area contributed by atoms with Gasteiger partial charge in [0.2, 0.25) is 0 Å². The molecule has 2 amide bonds. The fourth-order valence-electron chi connectivity index (χ4n) is 2.96. The lowest BCUT2D eigenvalue weighted by atomic mass is 10.1. The monoisotopic (exact) mass is 496 g/mol. The molecule has 0 aliphatic rings. The summed E-state index contributed by atoms with van der Waals surface area (Å²) in [6.07, 6.45) is 1.25. The van der Waals surface area contributed by atoms with Gasteiger partial charge in [-0.1, -0.05) is 29.8 Å². The quantitative estimate of drug-likeness (QED) is 0.263. The molecule has 2 N–H and O–H groups in total. The molecule has 0 atom stereocenters. The maximum Gasteiger partial charge on any atom is 0.273 e. The van der Waals surface area contributed by atoms with E-state index in [-0.39, 0.29) is 39.6 Å². The molecule has 178 valence electrons. The minimum absolute atomic E-state index is 0.0171. The van der Waals surface area contributed by atoms with Gasteiger partial charge in [-0.3, -0.25) is 29.8 Å². The molecule has 11 nitrogen and oxygen atoms in total. The number of methoxy groups -OCH3 is 1. The highest BCUT2D eigenvalue weighted by molar-refractivity contribution is 6.31. The zero-order valence-corrected chi connectivity index (χ0v) is 18.8. The molecule has 0 radical (unpaired) electrons. The predicted molar refractivity (Wildman–Crippen MR) is 128 cm³/mol. The normalized spacial score (nSPS) is 10.9. The number of benzene rings is 3. The summed E-state index contributed by atoms with van der Waals surface area (Å²) < 4.78 is 5.13. The van der Waals surface area contributed by atoms with Crippen LogP contribution in [0.25, 0.3) is 6.08 Å². The van der Waals surface area contributed by atoms with E-state index in [1.54, 1.807) is 12.1 Å². The van der Waals surface area contributed by atoms with Crippen LogP contribution >= 0.6 is 11.6 Å². The number of nitrogens with zero attached hydrogens (tertiary/aromatic N) is 2. The summed E-state index contributed by atoms with van der Waals surface area (Å²) in [4.78, 5) is 46.8. The van der Waals surface area contributed by atoms with Crippen molar-refractivity contribution in [1.29, 1.82) is 0 Å². The van der Waals surface area contributed by atoms with E-state index in [1.165, 1.54) is 61.7 Å². The van der Waals surface area contributed by atoms with E-state index in [4.69, 9.17) is 16.3 Å². The summed E-state index contributed by atoms with van der Waals surface area (Å²) in [6, 6.07) is 15.1. The molecule has 35 heavy (non-hydrogen) atoms. The predicted octanol–water partition coefficient (Wildman–Crippen LogP) is 4.57. The molecule has 0 unspecified atom stereocenters. The second-order valence-corrected chi connectivity index (χ2v) is 7.41. The van der Waals surface area contributed by atoms with Gasteiger partial charge >= 0.3 is 0 Å². The first kappa shape index (κ1) is 24.9. The summed E-state index contributed by atoms with van der Waals surface area (Å²) >= 11 is 5.94. The highest BCUT2D eigenvalue weighted by Crippen LogP contribution is 2.29. The number of hydrogen-bond donors (Lipinski definition) is 2. The summed E-state index contributed by atoms with van der Waals surface area (Å²) in [5, 5.41) is 27.4. The first-order valence-electron chi connectivity index (χ1n) is 9.85. The van der Waals surface area contributed by atoms with Crippen molar-refractivity contribution >= 4 is 46.6 Å². The average Bonchev–Trinajstić information content (AvgIpc) is 2.83. The fraction of sp³-hybridized carbons (Fsp3) is 0.0435. The van der Waals surface area contributed by atoms with Crippen LogP contribution in [0.2, 0.25) is 5.02 Å². The van der Waals surface area contributed by atoms with E-state index in [2.05, 4.69) is 10.6 Å². The van der Waals surface area contributed by atoms with E-state index in [9.17, 15) is 29.8 Å². The van der Waals surface area contributed by atoms with Gasteiger partial charge in [-0.2, -0.15) is 0 Å². The Hall–Kier alpha value is -4.77. The van der Waals surface area contributed by atoms with Crippen LogP contribution in [0.3, 0.4) is 0 Å². The number of amides is 2. The minimum Gasteiger partial charge on any atom is -0.494 e. The minimum atomic E-state index is -0.806. The number of rotatable bonds is 8. The molecule has 0 spiro atoms. The summed E-state index contributed by atoms with van der Waals surface area (Å²) in [5.74, 6) is -1.45. The van der Waals surface area contributed by atoms with Crippen molar-refractivity contribution in [2.75, 3.05) is 12.4 Å². The molecule has 0 aromatic heterocycles. The molecular weight excluding hydrogens is 480 g/mol. The third-order valence-electron chi connectivity index (χ3n) is 4.62. The number of carbonyl (C=O) groups is 2. The average molecular weight is 497 g/mol. The number of carbonyl (C=O) groups excluding carboxylic acids is 2. The van der Waals surface area contributed by atoms with Gasteiger partial charge in [0.05, 0.1) is 28.7 Å². The molecular formula is C23H17ClN4O7. The van der Waals surface area contributed by atoms with Gasteiger partial charge in [0.1, 0.15) is 11.4 Å². The summed E-state index contributed by atoms with van der Waals surface area (Å²) in [7, 11) is 1.27. The fourth-order valence-corrected chi connectivity index (χ4v) is 3.15. The Morgan fingerprint density at radius 1 is 0.943 bits per heavy atom. The highest BCUT2D eigenvalue weighted by atomic mass is 35.5. The Bertz CT molecular complexity index is 1360. The van der Waals surface area contributed by atoms with E-state index in [1.807, 2.05) is 0 Å². The summed E-state index contributed by atoms with van der Waals surface area (Å²) in [6.45, 7) is 0. The van der Waals surface area contributed by atoms with Crippen LogP contribution in [0.1, 0.15) is 15.9 Å². The van der Waals surface area contributed by atoms with Crippen LogP contribution in [-0.2, 0) is 4.79 Å². The van der Waals surface area contributed by atoms with Crippen molar-refractivity contribution in [3.8, 4) is 5.75 Å². The van der Waals surface area contributed by atoms with E-state index < -0.39 is 21.7 Å². The number of anilines is 1. The number of ether oxygens (including phenoxy) is 1. The van der Waals surface area contributed by atoms with Gasteiger partial charge in [-0.15, -0.1) is 0 Å². The molecule has 0 fully saturated rings. The van der Waals surface area contributed by atoms with E-state index >= 15 is 0 Å². The topological polar surface area (TPSA) is 154 Å². The smallest absolute Gasteiger partial charge is 0.273 e. The van der Waals surface area contributed by atoms with Gasteiger partial charge in [0, 0.05) is 28.8 Å². The van der Waals surface area contributed by atoms with Crippen LogP contribution < -0.4 is 15.4 Å². The van der Waals surface area contributed by atoms with E-state index in [0.717, 1.165) is 6.07 Å². The second kappa shape index (κ2) is 10.9. The lowest BCUT2D eigenvalue weighted by Crippen LogP contribution is -2.30. The van der Waals surface area contributed by atoms with Gasteiger partial charge in [-0.05, 0) is 35.9 Å². The van der Waals surface area contributed by atoms with Crippen LogP contribution in [0.4, 0.5) is 17.1 Å². The van der Waals surface area contributed by atoms with Gasteiger partial charge in [-0.25, -0.2) is 0 Å². The van der Waals surface area contributed by atoms with Crippen molar-refractivity contribution in [3.05, 3.63) is 109 Å². The van der Waals surface area contributed by atoms with Crippen LogP contribution in [0.15, 0.2) is 72.4 Å². The largest absolute Gasteiger partial charge is 0.494 e. The Morgan fingerprint density at radius 2 is 1.63 bits per heavy atom. The number of non-ortho nitro benzene ring substituents is 2. The standard InChI is InChI=1S/C23H17ClN4O7/c1-35-21-13-18(28(33)34)8-9-19(21)25-23(30)20(11-14-4-2-7-17(10-14)27(31)32)26-22(29)15-5-3-6-16(24)12-15/h2-13H,1H3,(H,25,30)(H,26,29)/b20-11-. The van der Waals surface area contributed by atoms with Crippen molar-refractivity contribution in [2.24, 2.45) is 0 Å². The first-order valence-corrected chi connectivity index (χ1v) is 10.2. The molecule has 0 saturated heterocycles. The molecule has 0 heterocycles.